The van der Waals surface area contributed by atoms with E-state index in [1.165, 1.54) is 41.5 Å². The second kappa shape index (κ2) is 14.4. The number of carbonyl (C=O) groups excluding carboxylic acids is 1. The van der Waals surface area contributed by atoms with Crippen LogP contribution in [0.1, 0.15) is 84.8 Å². The van der Waals surface area contributed by atoms with Crippen LogP contribution < -0.4 is 0 Å². The number of benzene rings is 3. The Morgan fingerprint density at radius 1 is 1.00 bits per heavy atom. The number of phenols is 1. The molecule has 0 amide bonds. The van der Waals surface area contributed by atoms with Crippen molar-refractivity contribution < 1.29 is 23.1 Å². The van der Waals surface area contributed by atoms with E-state index >= 15 is 4.39 Å². The van der Waals surface area contributed by atoms with Crippen LogP contribution in [0.5, 0.6) is 5.75 Å². The van der Waals surface area contributed by atoms with Gasteiger partial charge in [0.25, 0.3) is 0 Å². The van der Waals surface area contributed by atoms with Crippen molar-refractivity contribution in [2.45, 2.75) is 80.1 Å². The lowest BCUT2D eigenvalue weighted by molar-refractivity contribution is -0.116. The normalized spacial score (nSPS) is 18.4. The summed E-state index contributed by atoms with van der Waals surface area (Å²) in [5, 5.41) is 9.67. The van der Waals surface area contributed by atoms with Crippen molar-refractivity contribution in [3.05, 3.63) is 129 Å². The Hall–Kier alpha value is -4.41. The molecule has 5 rings (SSSR count). The van der Waals surface area contributed by atoms with Crippen molar-refractivity contribution in [2.75, 3.05) is 0 Å². The zero-order valence-corrected chi connectivity index (χ0v) is 28.7. The number of rotatable bonds is 10. The van der Waals surface area contributed by atoms with E-state index in [9.17, 15) is 18.7 Å². The van der Waals surface area contributed by atoms with Gasteiger partial charge in [-0.15, -0.1) is 5.73 Å². The number of halogens is 3. The largest absolute Gasteiger partial charge is 0.508 e. The number of phenolic OH excluding ortho intramolecular Hbond substituents is 1. The SMILES string of the molecule is CCCC(CC(=O)C1=C(C)CC(Cc2ccc(F)cc2F)=CC(c2ccc(-c3ccc(O)cc3)c(F)c2)=N1)C1=C=C(C)C(C)(C)CC1C. The van der Waals surface area contributed by atoms with Crippen molar-refractivity contribution in [1.29, 1.82) is 0 Å². The fourth-order valence-electron chi connectivity index (χ4n) is 7.02. The molecule has 3 aromatic rings. The third-order valence-corrected chi connectivity index (χ3v) is 9.81. The molecular weight excluding hydrogens is 607 g/mol. The molecule has 1 aliphatic carbocycles. The first-order valence-corrected chi connectivity index (χ1v) is 16.8. The van der Waals surface area contributed by atoms with Crippen LogP contribution in [0.15, 0.2) is 105 Å². The van der Waals surface area contributed by atoms with Crippen molar-refractivity contribution >= 4 is 11.5 Å². The lowest BCUT2D eigenvalue weighted by atomic mass is 9.69. The second-order valence-electron chi connectivity index (χ2n) is 14.1. The Bertz CT molecular complexity index is 1890. The number of Topliss-reactive ketones (excluding diaryl/α,β-unsaturated/α-hetero) is 1. The number of nitrogens with zero attached hydrogens (tertiary/aromatic N) is 1. The Kier molecular flexibility index (Phi) is 10.5. The smallest absolute Gasteiger partial charge is 0.181 e. The van der Waals surface area contributed by atoms with Crippen molar-refractivity contribution in [3.63, 3.8) is 0 Å². The number of aromatic hydroxyl groups is 1. The fourth-order valence-corrected chi connectivity index (χ4v) is 7.02. The van der Waals surface area contributed by atoms with E-state index in [1.807, 2.05) is 6.92 Å². The maximum absolute atomic E-state index is 15.6. The van der Waals surface area contributed by atoms with Gasteiger partial charge in [-0.25, -0.2) is 18.2 Å². The minimum absolute atomic E-state index is 0.0218. The maximum atomic E-state index is 15.6. The summed E-state index contributed by atoms with van der Waals surface area (Å²) in [5.41, 5.74) is 10.2. The summed E-state index contributed by atoms with van der Waals surface area (Å²) in [6, 6.07) is 14.6. The van der Waals surface area contributed by atoms with E-state index in [0.717, 1.165) is 36.5 Å². The molecule has 1 aliphatic heterocycles. The van der Waals surface area contributed by atoms with Crippen LogP contribution in [0.2, 0.25) is 0 Å². The van der Waals surface area contributed by atoms with E-state index in [2.05, 4.69) is 40.3 Å². The average Bonchev–Trinajstić information content (AvgIpc) is 3.18. The number of ketones is 1. The first-order valence-electron chi connectivity index (χ1n) is 16.8. The molecule has 0 aromatic heterocycles. The molecule has 0 saturated heterocycles. The van der Waals surface area contributed by atoms with Crippen LogP contribution in [0.4, 0.5) is 13.2 Å². The summed E-state index contributed by atoms with van der Waals surface area (Å²) in [4.78, 5) is 19.1. The minimum Gasteiger partial charge on any atom is -0.508 e. The van der Waals surface area contributed by atoms with Crippen LogP contribution in [0.25, 0.3) is 11.1 Å². The van der Waals surface area contributed by atoms with Gasteiger partial charge >= 0.3 is 0 Å². The molecular formula is C42H44F3NO2. The molecule has 0 spiro atoms. The Morgan fingerprint density at radius 2 is 1.71 bits per heavy atom. The Morgan fingerprint density at radius 3 is 2.38 bits per heavy atom. The van der Waals surface area contributed by atoms with Crippen molar-refractivity contribution in [1.82, 2.24) is 0 Å². The standard InChI is InChI=1S/C42H44F3NO2/c1-7-8-30(36-18-27(4)42(5,6)24-26(36)3)22-40(48)41-25(2)17-28(19-31-9-13-33(43)23-37(31)44)20-39(46-41)32-12-16-35(38(45)21-32)29-10-14-34(47)15-11-29/h9-16,20-21,23,26,30,47H,7-8,17,19,22,24H2,1-6H3. The summed E-state index contributed by atoms with van der Waals surface area (Å²) in [7, 11) is 0. The first kappa shape index (κ1) is 34.9. The van der Waals surface area contributed by atoms with E-state index in [1.54, 1.807) is 30.3 Å². The van der Waals surface area contributed by atoms with Crippen LogP contribution in [-0.2, 0) is 11.2 Å². The molecule has 1 N–H and O–H groups in total. The lowest BCUT2D eigenvalue weighted by Crippen LogP contribution is -2.25. The predicted molar refractivity (Wildman–Crippen MR) is 187 cm³/mol. The van der Waals surface area contributed by atoms with Gasteiger partial charge in [-0.1, -0.05) is 70.0 Å². The Labute approximate surface area is 282 Å². The van der Waals surface area contributed by atoms with Crippen LogP contribution in [0, 0.1) is 34.7 Å². The van der Waals surface area contributed by atoms with E-state index in [-0.39, 0.29) is 35.7 Å². The van der Waals surface area contributed by atoms with Crippen molar-refractivity contribution in [2.24, 2.45) is 22.2 Å². The molecule has 0 saturated carbocycles. The molecule has 0 bridgehead atoms. The molecule has 3 aromatic carbocycles. The quantitative estimate of drug-likeness (QED) is 0.222. The van der Waals surface area contributed by atoms with Crippen LogP contribution in [0.3, 0.4) is 0 Å². The molecule has 3 nitrogen and oxygen atoms in total. The highest BCUT2D eigenvalue weighted by Gasteiger charge is 2.33. The molecule has 0 fully saturated rings. The number of allylic oxidation sites excluding steroid dienone is 5. The third kappa shape index (κ3) is 7.82. The highest BCUT2D eigenvalue weighted by atomic mass is 19.1. The first-order chi connectivity index (χ1) is 22.7. The van der Waals surface area contributed by atoms with Crippen LogP contribution in [-0.4, -0.2) is 16.6 Å². The summed E-state index contributed by atoms with van der Waals surface area (Å²) in [6.45, 7) is 12.8. The van der Waals surface area contributed by atoms with Gasteiger partial charge < -0.3 is 5.11 Å². The summed E-state index contributed by atoms with van der Waals surface area (Å²) in [6.07, 6.45) is 5.40. The Balaban J connectivity index is 1.55. The van der Waals surface area contributed by atoms with Gasteiger partial charge in [0, 0.05) is 23.6 Å². The zero-order valence-electron chi connectivity index (χ0n) is 28.7. The van der Waals surface area contributed by atoms with Crippen LogP contribution >= 0.6 is 0 Å². The number of aliphatic imine (C=N–C) groups is 1. The molecule has 0 radical (unpaired) electrons. The minimum atomic E-state index is -0.654. The lowest BCUT2D eigenvalue weighted by Gasteiger charge is -2.35. The maximum Gasteiger partial charge on any atom is 0.181 e. The van der Waals surface area contributed by atoms with E-state index < -0.39 is 17.5 Å². The fraction of sp³-hybridized carbons (Fsp3) is 0.357. The molecule has 250 valence electrons. The average molecular weight is 652 g/mol. The zero-order chi connectivity index (χ0) is 34.7. The van der Waals surface area contributed by atoms with Gasteiger partial charge in [0.2, 0.25) is 0 Å². The van der Waals surface area contributed by atoms with Gasteiger partial charge in [0.1, 0.15) is 28.9 Å². The van der Waals surface area contributed by atoms with Gasteiger partial charge in [-0.3, -0.25) is 4.79 Å². The summed E-state index contributed by atoms with van der Waals surface area (Å²) >= 11 is 0. The summed E-state index contributed by atoms with van der Waals surface area (Å²) in [5.74, 6) is -1.47. The highest BCUT2D eigenvalue weighted by molar-refractivity contribution is 6.12. The summed E-state index contributed by atoms with van der Waals surface area (Å²) < 4.78 is 44.1. The van der Waals surface area contributed by atoms with Gasteiger partial charge in [0.05, 0.1) is 5.71 Å². The molecule has 2 aliphatic rings. The van der Waals surface area contributed by atoms with E-state index in [0.29, 0.717) is 46.0 Å². The molecule has 1 heterocycles. The number of hydrogen-bond donors (Lipinski definition) is 1. The molecule has 2 atom stereocenters. The van der Waals surface area contributed by atoms with Crippen molar-refractivity contribution in [3.8, 4) is 16.9 Å². The second-order valence-corrected chi connectivity index (χ2v) is 14.1. The van der Waals surface area contributed by atoms with Gasteiger partial charge in [-0.05, 0) is 115 Å². The number of carbonyl (C=O) groups is 1. The third-order valence-electron chi connectivity index (χ3n) is 9.81. The highest BCUT2D eigenvalue weighted by Crippen LogP contribution is 2.43. The molecule has 48 heavy (non-hydrogen) atoms. The monoisotopic (exact) mass is 651 g/mol. The van der Waals surface area contributed by atoms with Gasteiger partial charge in [-0.2, -0.15) is 0 Å². The van der Waals surface area contributed by atoms with Gasteiger partial charge in [0.15, 0.2) is 5.78 Å². The number of hydrogen-bond acceptors (Lipinski definition) is 3. The predicted octanol–water partition coefficient (Wildman–Crippen LogP) is 11.0. The molecule has 2 unspecified atom stereocenters. The topological polar surface area (TPSA) is 49.7 Å². The molecule has 6 heteroatoms. The van der Waals surface area contributed by atoms with E-state index in [4.69, 9.17) is 4.99 Å².